The normalized spacial score (nSPS) is 18.5. The van der Waals surface area contributed by atoms with Gasteiger partial charge in [0, 0.05) is 0 Å². The molecule has 1 atom stereocenters. The molecule has 1 saturated heterocycles. The molecule has 1 fully saturated rings. The van der Waals surface area contributed by atoms with Crippen molar-refractivity contribution in [2.75, 3.05) is 26.3 Å². The van der Waals surface area contributed by atoms with E-state index in [1.165, 1.54) is 19.4 Å². The zero-order valence-electron chi connectivity index (χ0n) is 11.6. The van der Waals surface area contributed by atoms with Crippen molar-refractivity contribution in [3.05, 3.63) is 24.3 Å². The maximum absolute atomic E-state index is 5.76. The lowest BCUT2D eigenvalue weighted by Crippen LogP contribution is -2.30. The van der Waals surface area contributed by atoms with E-state index in [1.54, 1.807) is 0 Å². The first-order valence-electron chi connectivity index (χ1n) is 6.95. The average molecular weight is 286 g/mol. The van der Waals surface area contributed by atoms with Crippen LogP contribution in [0.15, 0.2) is 24.3 Å². The molecule has 1 unspecified atom stereocenters. The molecular formula is C15H24ClNO2. The Bertz CT molecular complexity index is 337. The first-order chi connectivity index (χ1) is 8.88. The third-order valence-corrected chi connectivity index (χ3v) is 3.33. The summed E-state index contributed by atoms with van der Waals surface area (Å²) < 4.78 is 11.2. The van der Waals surface area contributed by atoms with Gasteiger partial charge in [-0.25, -0.2) is 0 Å². The standard InChI is InChI=1S/C15H23NO2.ClH/c1-2-17-14-5-7-15(8-6-14)18-11-9-13-4-3-10-16-12-13;/h5-8,13,16H,2-4,9-12H2,1H3;1H. The highest BCUT2D eigenvalue weighted by atomic mass is 35.5. The van der Waals surface area contributed by atoms with Crippen LogP contribution in [0.4, 0.5) is 0 Å². The van der Waals surface area contributed by atoms with Crippen molar-refractivity contribution < 1.29 is 9.47 Å². The number of hydrogen-bond donors (Lipinski definition) is 1. The van der Waals surface area contributed by atoms with E-state index in [4.69, 9.17) is 9.47 Å². The van der Waals surface area contributed by atoms with Gasteiger partial charge in [-0.05, 0) is 69.5 Å². The van der Waals surface area contributed by atoms with E-state index in [9.17, 15) is 0 Å². The molecule has 1 aliphatic heterocycles. The fourth-order valence-electron chi connectivity index (χ4n) is 2.31. The number of hydrogen-bond acceptors (Lipinski definition) is 3. The lowest BCUT2D eigenvalue weighted by atomic mass is 9.97. The van der Waals surface area contributed by atoms with Crippen LogP contribution in [0, 0.1) is 5.92 Å². The Balaban J connectivity index is 0.00000180. The largest absolute Gasteiger partial charge is 0.494 e. The topological polar surface area (TPSA) is 30.5 Å². The number of ether oxygens (including phenoxy) is 2. The summed E-state index contributed by atoms with van der Waals surface area (Å²) in [6, 6.07) is 7.87. The van der Waals surface area contributed by atoms with E-state index in [2.05, 4.69) is 5.32 Å². The van der Waals surface area contributed by atoms with Gasteiger partial charge in [0.15, 0.2) is 0 Å². The molecule has 0 aliphatic carbocycles. The smallest absolute Gasteiger partial charge is 0.119 e. The fourth-order valence-corrected chi connectivity index (χ4v) is 2.31. The third-order valence-electron chi connectivity index (χ3n) is 3.33. The van der Waals surface area contributed by atoms with Gasteiger partial charge in [0.1, 0.15) is 11.5 Å². The molecule has 0 aromatic heterocycles. The van der Waals surface area contributed by atoms with Crippen LogP contribution in [-0.2, 0) is 0 Å². The van der Waals surface area contributed by atoms with E-state index in [0.29, 0.717) is 6.61 Å². The molecule has 1 heterocycles. The summed E-state index contributed by atoms with van der Waals surface area (Å²) >= 11 is 0. The molecule has 2 rings (SSSR count). The van der Waals surface area contributed by atoms with Crippen LogP contribution < -0.4 is 14.8 Å². The highest BCUT2D eigenvalue weighted by Crippen LogP contribution is 2.19. The number of halogens is 1. The van der Waals surface area contributed by atoms with Gasteiger partial charge in [-0.2, -0.15) is 0 Å². The summed E-state index contributed by atoms with van der Waals surface area (Å²) in [7, 11) is 0. The number of piperidine rings is 1. The highest BCUT2D eigenvalue weighted by molar-refractivity contribution is 5.85. The minimum Gasteiger partial charge on any atom is -0.494 e. The van der Waals surface area contributed by atoms with Gasteiger partial charge in [-0.15, -0.1) is 12.4 Å². The molecule has 1 aromatic rings. The molecule has 0 amide bonds. The third kappa shape index (κ3) is 5.70. The summed E-state index contributed by atoms with van der Waals surface area (Å²) in [5.74, 6) is 2.62. The average Bonchev–Trinajstić information content (AvgIpc) is 2.42. The lowest BCUT2D eigenvalue weighted by Gasteiger charge is -2.22. The molecule has 19 heavy (non-hydrogen) atoms. The Labute approximate surface area is 122 Å². The van der Waals surface area contributed by atoms with E-state index >= 15 is 0 Å². The van der Waals surface area contributed by atoms with Crippen LogP contribution in [0.5, 0.6) is 11.5 Å². The maximum Gasteiger partial charge on any atom is 0.119 e. The van der Waals surface area contributed by atoms with Gasteiger partial charge < -0.3 is 14.8 Å². The molecule has 108 valence electrons. The Hall–Kier alpha value is -0.930. The van der Waals surface area contributed by atoms with Crippen LogP contribution in [0.1, 0.15) is 26.2 Å². The highest BCUT2D eigenvalue weighted by Gasteiger charge is 2.12. The molecule has 0 saturated carbocycles. The summed E-state index contributed by atoms with van der Waals surface area (Å²) in [6.45, 7) is 5.82. The molecule has 0 spiro atoms. The Kier molecular flexibility index (Phi) is 7.68. The quantitative estimate of drug-likeness (QED) is 0.870. The van der Waals surface area contributed by atoms with Gasteiger partial charge in [0.2, 0.25) is 0 Å². The summed E-state index contributed by atoms with van der Waals surface area (Å²) in [4.78, 5) is 0. The molecule has 0 radical (unpaired) electrons. The van der Waals surface area contributed by atoms with Crippen molar-refractivity contribution in [2.45, 2.75) is 26.2 Å². The SMILES string of the molecule is CCOc1ccc(OCCC2CCCNC2)cc1.Cl. The monoisotopic (exact) mass is 285 g/mol. The van der Waals surface area contributed by atoms with Crippen LogP contribution in [0.25, 0.3) is 0 Å². The number of rotatable bonds is 6. The molecule has 1 N–H and O–H groups in total. The van der Waals surface area contributed by atoms with Crippen molar-refractivity contribution in [3.8, 4) is 11.5 Å². The van der Waals surface area contributed by atoms with E-state index in [1.807, 2.05) is 31.2 Å². The Morgan fingerprint density at radius 3 is 2.42 bits per heavy atom. The van der Waals surface area contributed by atoms with E-state index in [-0.39, 0.29) is 12.4 Å². The molecule has 3 nitrogen and oxygen atoms in total. The van der Waals surface area contributed by atoms with Gasteiger partial charge in [-0.3, -0.25) is 0 Å². The minimum absolute atomic E-state index is 0. The van der Waals surface area contributed by atoms with Gasteiger partial charge in [0.05, 0.1) is 13.2 Å². The van der Waals surface area contributed by atoms with Crippen molar-refractivity contribution in [1.82, 2.24) is 5.32 Å². The Morgan fingerprint density at radius 2 is 1.84 bits per heavy atom. The van der Waals surface area contributed by atoms with Crippen molar-refractivity contribution in [2.24, 2.45) is 5.92 Å². The van der Waals surface area contributed by atoms with Crippen LogP contribution in [-0.4, -0.2) is 26.3 Å². The molecule has 1 aliphatic rings. The van der Waals surface area contributed by atoms with Gasteiger partial charge in [-0.1, -0.05) is 0 Å². The second-order valence-corrected chi connectivity index (χ2v) is 4.75. The van der Waals surface area contributed by atoms with Crippen molar-refractivity contribution >= 4 is 12.4 Å². The Morgan fingerprint density at radius 1 is 1.16 bits per heavy atom. The maximum atomic E-state index is 5.76. The minimum atomic E-state index is 0. The number of benzene rings is 1. The van der Waals surface area contributed by atoms with E-state index < -0.39 is 0 Å². The van der Waals surface area contributed by atoms with Gasteiger partial charge in [0.25, 0.3) is 0 Å². The predicted octanol–water partition coefficient (Wildman–Crippen LogP) is 3.28. The van der Waals surface area contributed by atoms with Crippen molar-refractivity contribution in [3.63, 3.8) is 0 Å². The van der Waals surface area contributed by atoms with Gasteiger partial charge >= 0.3 is 0 Å². The van der Waals surface area contributed by atoms with Crippen LogP contribution in [0.2, 0.25) is 0 Å². The molecular weight excluding hydrogens is 262 g/mol. The van der Waals surface area contributed by atoms with Crippen molar-refractivity contribution in [1.29, 1.82) is 0 Å². The zero-order chi connectivity index (χ0) is 12.6. The first kappa shape index (κ1) is 16.1. The number of nitrogens with one attached hydrogen (secondary N) is 1. The summed E-state index contributed by atoms with van der Waals surface area (Å²) in [5, 5.41) is 3.43. The predicted molar refractivity (Wildman–Crippen MR) is 80.6 cm³/mol. The molecule has 0 bridgehead atoms. The summed E-state index contributed by atoms with van der Waals surface area (Å²) in [6.07, 6.45) is 3.77. The van der Waals surface area contributed by atoms with Crippen LogP contribution >= 0.6 is 12.4 Å². The van der Waals surface area contributed by atoms with E-state index in [0.717, 1.165) is 37.0 Å². The lowest BCUT2D eigenvalue weighted by molar-refractivity contribution is 0.253. The van der Waals surface area contributed by atoms with Crippen LogP contribution in [0.3, 0.4) is 0 Å². The molecule has 1 aromatic carbocycles. The second-order valence-electron chi connectivity index (χ2n) is 4.75. The summed E-state index contributed by atoms with van der Waals surface area (Å²) in [5.41, 5.74) is 0. The fraction of sp³-hybridized carbons (Fsp3) is 0.600. The first-order valence-corrected chi connectivity index (χ1v) is 6.95. The molecule has 4 heteroatoms. The second kappa shape index (κ2) is 9.05. The zero-order valence-corrected chi connectivity index (χ0v) is 12.4.